The lowest BCUT2D eigenvalue weighted by Crippen LogP contribution is -2.15. The summed E-state index contributed by atoms with van der Waals surface area (Å²) in [6, 6.07) is 1.97. The van der Waals surface area contributed by atoms with Gasteiger partial charge in [-0.1, -0.05) is 23.2 Å². The number of aromatic nitrogens is 1. The van der Waals surface area contributed by atoms with Crippen LogP contribution in [0.5, 0.6) is 0 Å². The topological polar surface area (TPSA) is 41.8 Å². The Hall–Kier alpha value is -0.700. The van der Waals surface area contributed by atoms with Crippen LogP contribution in [0.4, 0.5) is 0 Å². The molecule has 0 fully saturated rings. The summed E-state index contributed by atoms with van der Waals surface area (Å²) in [5.41, 5.74) is 9.39. The zero-order valence-corrected chi connectivity index (χ0v) is 9.49. The van der Waals surface area contributed by atoms with Gasteiger partial charge in [0.1, 0.15) is 0 Å². The van der Waals surface area contributed by atoms with Gasteiger partial charge in [0, 0.05) is 17.6 Å². The van der Waals surface area contributed by atoms with E-state index in [4.69, 9.17) is 28.9 Å². The lowest BCUT2D eigenvalue weighted by atomic mass is 9.89. The lowest BCUT2D eigenvalue weighted by molar-refractivity contribution is 0.643. The second-order valence-electron chi connectivity index (χ2n) is 3.97. The molecule has 0 spiro atoms. The summed E-state index contributed by atoms with van der Waals surface area (Å²) in [6.07, 6.45) is 3.98. The Morgan fingerprint density at radius 3 is 3.00 bits per heavy atom. The standard InChI is InChI=1S/C11H10Cl2N2/c12-7-3-6-8(14)2-1-5-4-15-11(9(5)6)10(7)13/h3-4,8,15H,1-2,14H2. The van der Waals surface area contributed by atoms with Gasteiger partial charge in [-0.05, 0) is 30.0 Å². The highest BCUT2D eigenvalue weighted by molar-refractivity contribution is 6.45. The minimum Gasteiger partial charge on any atom is -0.360 e. The summed E-state index contributed by atoms with van der Waals surface area (Å²) < 4.78 is 0. The van der Waals surface area contributed by atoms with Crippen LogP contribution < -0.4 is 5.73 Å². The Bertz CT molecular complexity index is 545. The van der Waals surface area contributed by atoms with Crippen LogP contribution in [0, 0.1) is 0 Å². The third kappa shape index (κ3) is 1.22. The third-order valence-electron chi connectivity index (χ3n) is 3.09. The molecular formula is C11H10Cl2N2. The van der Waals surface area contributed by atoms with Gasteiger partial charge in [0.05, 0.1) is 15.6 Å². The van der Waals surface area contributed by atoms with Gasteiger partial charge in [0.25, 0.3) is 0 Å². The van der Waals surface area contributed by atoms with Gasteiger partial charge in [-0.15, -0.1) is 0 Å². The van der Waals surface area contributed by atoms with Crippen LogP contribution in [-0.4, -0.2) is 4.98 Å². The van der Waals surface area contributed by atoms with Gasteiger partial charge < -0.3 is 10.7 Å². The summed E-state index contributed by atoms with van der Waals surface area (Å²) in [7, 11) is 0. The first-order valence-electron chi connectivity index (χ1n) is 4.92. The zero-order chi connectivity index (χ0) is 10.6. The number of nitrogens with two attached hydrogens (primary N) is 1. The largest absolute Gasteiger partial charge is 0.360 e. The highest BCUT2D eigenvalue weighted by Crippen LogP contribution is 2.40. The molecule has 2 aromatic rings. The number of benzene rings is 1. The first-order chi connectivity index (χ1) is 7.18. The molecule has 15 heavy (non-hydrogen) atoms. The molecule has 0 saturated heterocycles. The molecule has 1 aliphatic carbocycles. The van der Waals surface area contributed by atoms with Gasteiger partial charge in [0.15, 0.2) is 0 Å². The van der Waals surface area contributed by atoms with Gasteiger partial charge in [-0.25, -0.2) is 0 Å². The molecule has 0 aliphatic heterocycles. The highest BCUT2D eigenvalue weighted by Gasteiger charge is 2.22. The molecule has 1 aromatic carbocycles. The van der Waals surface area contributed by atoms with Gasteiger partial charge in [-0.3, -0.25) is 0 Å². The lowest BCUT2D eigenvalue weighted by Gasteiger charge is -2.20. The molecule has 3 rings (SSSR count). The van der Waals surface area contributed by atoms with E-state index in [0.717, 1.165) is 23.9 Å². The Labute approximate surface area is 97.4 Å². The number of halogens is 2. The maximum atomic E-state index is 6.14. The summed E-state index contributed by atoms with van der Waals surface area (Å²) in [4.78, 5) is 3.18. The van der Waals surface area contributed by atoms with E-state index in [1.165, 1.54) is 10.9 Å². The molecule has 4 heteroatoms. The molecule has 0 radical (unpaired) electrons. The average molecular weight is 241 g/mol. The molecular weight excluding hydrogens is 231 g/mol. The number of nitrogens with one attached hydrogen (secondary N) is 1. The Morgan fingerprint density at radius 1 is 1.40 bits per heavy atom. The Morgan fingerprint density at radius 2 is 2.20 bits per heavy atom. The van der Waals surface area contributed by atoms with E-state index in [0.29, 0.717) is 10.0 Å². The molecule has 1 unspecified atom stereocenters. The fourth-order valence-electron chi connectivity index (χ4n) is 2.31. The van der Waals surface area contributed by atoms with Crippen molar-refractivity contribution in [1.82, 2.24) is 4.98 Å². The number of aryl methyl sites for hydroxylation is 1. The van der Waals surface area contributed by atoms with Crippen molar-refractivity contribution in [3.8, 4) is 0 Å². The maximum Gasteiger partial charge on any atom is 0.0833 e. The molecule has 0 amide bonds. The fraction of sp³-hybridized carbons (Fsp3) is 0.273. The second kappa shape index (κ2) is 3.14. The predicted octanol–water partition coefficient (Wildman–Crippen LogP) is 3.42. The van der Waals surface area contributed by atoms with E-state index < -0.39 is 0 Å². The molecule has 1 aliphatic rings. The van der Waals surface area contributed by atoms with Gasteiger partial charge >= 0.3 is 0 Å². The van der Waals surface area contributed by atoms with Gasteiger partial charge in [-0.2, -0.15) is 0 Å². The Balaban J connectivity index is 2.48. The van der Waals surface area contributed by atoms with Crippen LogP contribution in [0.3, 0.4) is 0 Å². The number of aromatic amines is 1. The average Bonchev–Trinajstić information content (AvgIpc) is 2.64. The van der Waals surface area contributed by atoms with Crippen LogP contribution >= 0.6 is 23.2 Å². The van der Waals surface area contributed by atoms with Gasteiger partial charge in [0.2, 0.25) is 0 Å². The van der Waals surface area contributed by atoms with E-state index >= 15 is 0 Å². The van der Waals surface area contributed by atoms with E-state index in [2.05, 4.69) is 4.98 Å². The molecule has 1 atom stereocenters. The van der Waals surface area contributed by atoms with E-state index in [9.17, 15) is 0 Å². The molecule has 0 saturated carbocycles. The molecule has 1 heterocycles. The summed E-state index contributed by atoms with van der Waals surface area (Å²) in [6.45, 7) is 0. The molecule has 2 nitrogen and oxygen atoms in total. The molecule has 1 aromatic heterocycles. The smallest absolute Gasteiger partial charge is 0.0833 e. The monoisotopic (exact) mass is 240 g/mol. The predicted molar refractivity (Wildman–Crippen MR) is 63.6 cm³/mol. The summed E-state index contributed by atoms with van der Waals surface area (Å²) >= 11 is 12.2. The van der Waals surface area contributed by atoms with Crippen LogP contribution in [0.1, 0.15) is 23.6 Å². The van der Waals surface area contributed by atoms with Crippen LogP contribution in [0.2, 0.25) is 10.0 Å². The minimum absolute atomic E-state index is 0.0746. The quantitative estimate of drug-likeness (QED) is 0.729. The number of H-pyrrole nitrogens is 1. The van der Waals surface area contributed by atoms with Crippen LogP contribution in [0.25, 0.3) is 10.9 Å². The van der Waals surface area contributed by atoms with Crippen molar-refractivity contribution in [1.29, 1.82) is 0 Å². The van der Waals surface area contributed by atoms with Crippen molar-refractivity contribution in [2.45, 2.75) is 18.9 Å². The minimum atomic E-state index is 0.0746. The fourth-order valence-corrected chi connectivity index (χ4v) is 2.73. The van der Waals surface area contributed by atoms with Crippen molar-refractivity contribution in [3.05, 3.63) is 33.4 Å². The maximum absolute atomic E-state index is 6.14. The highest BCUT2D eigenvalue weighted by atomic mass is 35.5. The Kier molecular flexibility index (Phi) is 2.00. The summed E-state index contributed by atoms with van der Waals surface area (Å²) in [5.74, 6) is 0. The van der Waals surface area contributed by atoms with E-state index in [1.54, 1.807) is 0 Å². The molecule has 78 valence electrons. The zero-order valence-electron chi connectivity index (χ0n) is 7.98. The number of hydrogen-bond acceptors (Lipinski definition) is 1. The summed E-state index contributed by atoms with van der Waals surface area (Å²) in [5, 5.41) is 2.34. The SMILES string of the molecule is NC1CCc2c[nH]c3c(Cl)c(Cl)cc1c23. The van der Waals surface area contributed by atoms with Crippen molar-refractivity contribution < 1.29 is 0 Å². The van der Waals surface area contributed by atoms with Crippen LogP contribution in [-0.2, 0) is 6.42 Å². The molecule has 0 bridgehead atoms. The molecule has 3 N–H and O–H groups in total. The number of rotatable bonds is 0. The normalized spacial score (nSPS) is 19.8. The van der Waals surface area contributed by atoms with Crippen molar-refractivity contribution in [2.75, 3.05) is 0 Å². The van der Waals surface area contributed by atoms with E-state index in [1.807, 2.05) is 12.3 Å². The number of hydrogen-bond donors (Lipinski definition) is 2. The van der Waals surface area contributed by atoms with Crippen LogP contribution in [0.15, 0.2) is 12.3 Å². The van der Waals surface area contributed by atoms with Crippen molar-refractivity contribution >= 4 is 34.1 Å². The van der Waals surface area contributed by atoms with Crippen molar-refractivity contribution in [3.63, 3.8) is 0 Å². The van der Waals surface area contributed by atoms with E-state index in [-0.39, 0.29) is 6.04 Å². The third-order valence-corrected chi connectivity index (χ3v) is 3.87. The first kappa shape index (κ1) is 9.52. The first-order valence-corrected chi connectivity index (χ1v) is 5.67. The van der Waals surface area contributed by atoms with Crippen molar-refractivity contribution in [2.24, 2.45) is 5.73 Å². The second-order valence-corrected chi connectivity index (χ2v) is 4.76.